The molecule has 1 aliphatic carbocycles. The molecular weight excluding hydrogens is 534 g/mol. The molecular formula is C41H25N3. The Balaban J connectivity index is 1.47. The van der Waals surface area contributed by atoms with E-state index in [9.17, 15) is 0 Å². The Morgan fingerprint density at radius 3 is 2.09 bits per heavy atom. The second-order valence-electron chi connectivity index (χ2n) is 11.7. The predicted molar refractivity (Wildman–Crippen MR) is 183 cm³/mol. The van der Waals surface area contributed by atoms with Gasteiger partial charge in [0.2, 0.25) is 5.95 Å². The number of aromatic nitrogens is 3. The number of rotatable bonds is 2. The maximum atomic E-state index is 5.43. The first-order valence-corrected chi connectivity index (χ1v) is 15.2. The number of benzene rings is 7. The summed E-state index contributed by atoms with van der Waals surface area (Å²) in [5.41, 5.74) is 10.7. The topological polar surface area (TPSA) is 30.7 Å². The minimum absolute atomic E-state index is 0.701. The van der Waals surface area contributed by atoms with Gasteiger partial charge >= 0.3 is 0 Å². The van der Waals surface area contributed by atoms with Gasteiger partial charge in [-0.2, -0.15) is 0 Å². The molecule has 204 valence electrons. The average molecular weight is 560 g/mol. The largest absolute Gasteiger partial charge is 0.277 e. The lowest BCUT2D eigenvalue weighted by molar-refractivity contribution is 1.01. The van der Waals surface area contributed by atoms with E-state index in [4.69, 9.17) is 9.97 Å². The Morgan fingerprint density at radius 1 is 0.500 bits per heavy atom. The van der Waals surface area contributed by atoms with Gasteiger partial charge in [-0.1, -0.05) is 133 Å². The first kappa shape index (κ1) is 23.7. The van der Waals surface area contributed by atoms with E-state index < -0.39 is 0 Å². The number of fused-ring (bicyclic) bond motifs is 13. The van der Waals surface area contributed by atoms with Gasteiger partial charge in [0.1, 0.15) is 0 Å². The van der Waals surface area contributed by atoms with Crippen molar-refractivity contribution >= 4 is 54.3 Å². The van der Waals surface area contributed by atoms with Crippen LogP contribution in [0.15, 0.2) is 140 Å². The minimum Gasteiger partial charge on any atom is -0.277 e. The van der Waals surface area contributed by atoms with E-state index >= 15 is 0 Å². The van der Waals surface area contributed by atoms with Crippen LogP contribution in [0.1, 0.15) is 11.1 Å². The second kappa shape index (κ2) is 8.85. The zero-order valence-corrected chi connectivity index (χ0v) is 23.8. The van der Waals surface area contributed by atoms with Crippen LogP contribution in [-0.2, 0) is 6.42 Å². The van der Waals surface area contributed by atoms with Crippen molar-refractivity contribution in [2.24, 2.45) is 0 Å². The summed E-state index contributed by atoms with van der Waals surface area (Å²) in [4.78, 5) is 10.7. The standard InChI is InChI=1S/C41H25N3/c1-2-13-26(14-3-1)38-32-20-10-11-21-35(32)42-41(43-38)44-39-29-17-7-4-12-25(29)22-23-33(39)37-31-19-9-8-18-30(31)36-28-16-6-5-15-27(28)24-34(36)40(37)44/h1-23H,24H2. The van der Waals surface area contributed by atoms with E-state index in [0.29, 0.717) is 5.95 Å². The highest BCUT2D eigenvalue weighted by molar-refractivity contribution is 6.29. The minimum atomic E-state index is 0.701. The van der Waals surface area contributed by atoms with E-state index in [0.717, 1.165) is 34.1 Å². The molecule has 0 N–H and O–H groups in total. The van der Waals surface area contributed by atoms with Crippen LogP contribution >= 0.6 is 0 Å². The van der Waals surface area contributed by atoms with Gasteiger partial charge in [-0.3, -0.25) is 4.57 Å². The van der Waals surface area contributed by atoms with Gasteiger partial charge in [0, 0.05) is 33.5 Å². The summed E-state index contributed by atoms with van der Waals surface area (Å²) in [7, 11) is 0. The molecule has 0 aliphatic heterocycles. The summed E-state index contributed by atoms with van der Waals surface area (Å²) < 4.78 is 2.38. The quantitative estimate of drug-likeness (QED) is 0.211. The van der Waals surface area contributed by atoms with Gasteiger partial charge in [0.25, 0.3) is 0 Å². The predicted octanol–water partition coefficient (Wildman–Crippen LogP) is 10.3. The normalized spacial score (nSPS) is 12.5. The van der Waals surface area contributed by atoms with Crippen LogP contribution in [0.5, 0.6) is 0 Å². The molecule has 0 saturated heterocycles. The molecule has 0 spiro atoms. The summed E-state index contributed by atoms with van der Waals surface area (Å²) in [6.07, 6.45) is 0.875. The van der Waals surface area contributed by atoms with Crippen LogP contribution in [0.25, 0.3) is 82.6 Å². The monoisotopic (exact) mass is 559 g/mol. The summed E-state index contributed by atoms with van der Waals surface area (Å²) in [5, 5.41) is 8.52. The van der Waals surface area contributed by atoms with Crippen LogP contribution in [0, 0.1) is 0 Å². The van der Waals surface area contributed by atoms with Crippen LogP contribution < -0.4 is 0 Å². The third kappa shape index (κ3) is 3.16. The van der Waals surface area contributed by atoms with Gasteiger partial charge in [-0.15, -0.1) is 0 Å². The molecule has 7 aromatic carbocycles. The average Bonchev–Trinajstić information content (AvgIpc) is 3.65. The van der Waals surface area contributed by atoms with Crippen molar-refractivity contribution < 1.29 is 0 Å². The van der Waals surface area contributed by atoms with Crippen molar-refractivity contribution in [1.29, 1.82) is 0 Å². The molecule has 0 radical (unpaired) electrons. The Morgan fingerprint density at radius 2 is 1.20 bits per heavy atom. The van der Waals surface area contributed by atoms with Gasteiger partial charge in [0.05, 0.1) is 22.2 Å². The molecule has 9 aromatic rings. The molecule has 44 heavy (non-hydrogen) atoms. The molecule has 0 saturated carbocycles. The number of hydrogen-bond acceptors (Lipinski definition) is 2. The van der Waals surface area contributed by atoms with Gasteiger partial charge < -0.3 is 0 Å². The van der Waals surface area contributed by atoms with E-state index in [1.165, 1.54) is 60.1 Å². The van der Waals surface area contributed by atoms with Gasteiger partial charge in [-0.05, 0) is 44.5 Å². The molecule has 0 unspecified atom stereocenters. The van der Waals surface area contributed by atoms with Crippen LogP contribution in [0.2, 0.25) is 0 Å². The third-order valence-corrected chi connectivity index (χ3v) is 9.40. The van der Waals surface area contributed by atoms with Crippen LogP contribution in [0.3, 0.4) is 0 Å². The molecule has 2 heterocycles. The second-order valence-corrected chi connectivity index (χ2v) is 11.7. The Kier molecular flexibility index (Phi) is 4.77. The number of hydrogen-bond donors (Lipinski definition) is 0. The van der Waals surface area contributed by atoms with Gasteiger partial charge in [-0.25, -0.2) is 9.97 Å². The van der Waals surface area contributed by atoms with Crippen molar-refractivity contribution in [3.05, 3.63) is 151 Å². The Hall–Kier alpha value is -5.80. The lowest BCUT2D eigenvalue weighted by Gasteiger charge is -2.15. The van der Waals surface area contributed by atoms with Crippen LogP contribution in [0.4, 0.5) is 0 Å². The molecule has 3 heteroatoms. The highest BCUT2D eigenvalue weighted by Gasteiger charge is 2.29. The highest BCUT2D eigenvalue weighted by atomic mass is 15.2. The fourth-order valence-corrected chi connectivity index (χ4v) is 7.58. The molecule has 2 aromatic heterocycles. The summed E-state index contributed by atoms with van der Waals surface area (Å²) >= 11 is 0. The van der Waals surface area contributed by atoms with Crippen molar-refractivity contribution in [1.82, 2.24) is 14.5 Å². The molecule has 10 rings (SSSR count). The SMILES string of the molecule is c1ccc(-c2nc(-n3c4c5c(c6ccccc6c4c4ccc6ccccc6c43)-c3ccccc3C5)nc3ccccc23)cc1. The zero-order valence-electron chi connectivity index (χ0n) is 23.8. The van der Waals surface area contributed by atoms with Crippen LogP contribution in [-0.4, -0.2) is 14.5 Å². The number of para-hydroxylation sites is 1. The molecule has 0 amide bonds. The first-order valence-electron chi connectivity index (χ1n) is 15.2. The lowest BCUT2D eigenvalue weighted by Crippen LogP contribution is -2.05. The van der Waals surface area contributed by atoms with E-state index in [-0.39, 0.29) is 0 Å². The maximum absolute atomic E-state index is 5.43. The zero-order chi connectivity index (χ0) is 28.8. The smallest absolute Gasteiger partial charge is 0.235 e. The summed E-state index contributed by atoms with van der Waals surface area (Å²) in [5.74, 6) is 0.701. The highest BCUT2D eigenvalue weighted by Crippen LogP contribution is 2.50. The first-order chi connectivity index (χ1) is 21.8. The summed E-state index contributed by atoms with van der Waals surface area (Å²) in [6, 6.07) is 49.9. The molecule has 3 nitrogen and oxygen atoms in total. The van der Waals surface area contributed by atoms with E-state index in [1.807, 2.05) is 0 Å². The fraction of sp³-hybridized carbons (Fsp3) is 0.0244. The molecule has 0 atom stereocenters. The van der Waals surface area contributed by atoms with Gasteiger partial charge in [0.15, 0.2) is 0 Å². The Bertz CT molecular complexity index is 2630. The third-order valence-electron chi connectivity index (χ3n) is 9.40. The maximum Gasteiger partial charge on any atom is 0.235 e. The lowest BCUT2D eigenvalue weighted by atomic mass is 9.93. The molecule has 0 bridgehead atoms. The van der Waals surface area contributed by atoms with E-state index in [2.05, 4.69) is 144 Å². The van der Waals surface area contributed by atoms with Crippen molar-refractivity contribution in [3.8, 4) is 28.3 Å². The molecule has 0 fully saturated rings. The fourth-order valence-electron chi connectivity index (χ4n) is 7.58. The van der Waals surface area contributed by atoms with E-state index in [1.54, 1.807) is 0 Å². The number of nitrogens with zero attached hydrogens (tertiary/aromatic N) is 3. The van der Waals surface area contributed by atoms with Crippen molar-refractivity contribution in [3.63, 3.8) is 0 Å². The molecule has 1 aliphatic rings. The van der Waals surface area contributed by atoms with Crippen molar-refractivity contribution in [2.45, 2.75) is 6.42 Å². The Labute approximate surface area is 253 Å². The summed E-state index contributed by atoms with van der Waals surface area (Å²) in [6.45, 7) is 0. The van der Waals surface area contributed by atoms with Crippen molar-refractivity contribution in [2.75, 3.05) is 0 Å².